The van der Waals surface area contributed by atoms with Crippen LogP contribution in [0.1, 0.15) is 161 Å². The predicted octanol–water partition coefficient (Wildman–Crippen LogP) is 21.2. The fourth-order valence-electron chi connectivity index (χ4n) is 20.3. The van der Waals surface area contributed by atoms with Gasteiger partial charge in [-0.1, -0.05) is 301 Å². The Balaban J connectivity index is 0.000000172. The van der Waals surface area contributed by atoms with Crippen LogP contribution in [0.25, 0.3) is 0 Å². The van der Waals surface area contributed by atoms with Crippen LogP contribution in [0, 0.1) is 29.6 Å². The lowest BCUT2D eigenvalue weighted by Gasteiger charge is -2.48. The van der Waals surface area contributed by atoms with Gasteiger partial charge in [0.25, 0.3) is 0 Å². The Kier molecular flexibility index (Phi) is 49.5. The molecule has 8 fully saturated rings. The zero-order valence-electron chi connectivity index (χ0n) is 88.6. The minimum absolute atomic E-state index is 0.0329. The van der Waals surface area contributed by atoms with Crippen molar-refractivity contribution >= 4 is 40.0 Å². The smallest absolute Gasteiger partial charge is 0.218 e. The van der Waals surface area contributed by atoms with Crippen LogP contribution in [-0.2, 0) is 147 Å². The summed E-state index contributed by atoms with van der Waals surface area (Å²) in [6.07, 6.45) is -0.635. The summed E-state index contributed by atoms with van der Waals surface area (Å²) in [6, 6.07) is 91.2. The molecule has 10 aromatic rings. The highest BCUT2D eigenvalue weighted by Crippen LogP contribution is 2.51. The highest BCUT2D eigenvalue weighted by atomic mass is 35.5. The fraction of sp³-hybridized carbons (Fsp3) is 0.496. The summed E-state index contributed by atoms with van der Waals surface area (Å²) in [4.78, 5) is 9.21. The van der Waals surface area contributed by atoms with Gasteiger partial charge in [-0.05, 0) is 165 Å². The van der Waals surface area contributed by atoms with Crippen molar-refractivity contribution in [1.82, 2.24) is 0 Å². The number of ether oxygens (including phenoxy) is 20. The van der Waals surface area contributed by atoms with Crippen molar-refractivity contribution in [2.24, 2.45) is 29.6 Å². The molecule has 2 heterocycles. The Bertz CT molecular complexity index is 5210. The number of aliphatic hydroxyl groups is 5. The lowest BCUT2D eigenvalue weighted by atomic mass is 9.74. The van der Waals surface area contributed by atoms with Crippen LogP contribution in [0.4, 0.5) is 0 Å². The molecule has 24 atom stereocenters. The first-order valence-electron chi connectivity index (χ1n) is 52.1. The SMILES string of the molecule is CC(=O)Cl.COC.COC(Cl)Cl.COc1ccc(COC2C(O)C(O)C(C)C(C)C2OCc2ccccc2)cc1.COc1ccc(COC2C(OCc3ccccc3)C(C)C(C)C3OC4(CCCCC4)OC32)cc1.COc1ccc(COC2C(OCc3ccccc3)C(C)C(O)C(OCc3ccccc3)C2OCc2ccccc2)cc1.COc1ccc(COC2C(OCc3ccccc3)C(O)C(O)C3OC4(CCCCC4)OC32)cc1. The summed E-state index contributed by atoms with van der Waals surface area (Å²) in [6.45, 7) is 15.7. The van der Waals surface area contributed by atoms with Gasteiger partial charge in [0.2, 0.25) is 10.3 Å². The second kappa shape index (κ2) is 62.0. The van der Waals surface area contributed by atoms with E-state index in [9.17, 15) is 30.3 Å². The molecular formula is C121H155Cl3O26. The van der Waals surface area contributed by atoms with Gasteiger partial charge in [-0.2, -0.15) is 0 Å². The van der Waals surface area contributed by atoms with Crippen LogP contribution in [0.15, 0.2) is 279 Å². The zero-order valence-corrected chi connectivity index (χ0v) is 90.8. The Morgan fingerprint density at radius 3 is 0.767 bits per heavy atom. The molecule has 0 aromatic heterocycles. The molecule has 26 nitrogen and oxygen atoms in total. The van der Waals surface area contributed by atoms with Crippen molar-refractivity contribution in [3.05, 3.63) is 335 Å². The van der Waals surface area contributed by atoms with Crippen LogP contribution >= 0.6 is 34.8 Å². The molecule has 150 heavy (non-hydrogen) atoms. The molecule has 8 aliphatic rings. The van der Waals surface area contributed by atoms with Gasteiger partial charge in [0.1, 0.15) is 102 Å². The van der Waals surface area contributed by atoms with Gasteiger partial charge in [-0.3, -0.25) is 4.79 Å². The van der Waals surface area contributed by atoms with Crippen LogP contribution in [-0.4, -0.2) is 213 Å². The first-order chi connectivity index (χ1) is 72.7. The number of hydrogen-bond donors (Lipinski definition) is 5. The minimum Gasteiger partial charge on any atom is -0.497 e. The third kappa shape index (κ3) is 35.1. The molecule has 0 bridgehead atoms. The Labute approximate surface area is 901 Å². The Morgan fingerprint density at radius 2 is 0.473 bits per heavy atom. The topological polar surface area (TPSA) is 303 Å². The van der Waals surface area contributed by atoms with Gasteiger partial charge in [-0.25, -0.2) is 0 Å². The largest absolute Gasteiger partial charge is 0.497 e. The van der Waals surface area contributed by atoms with E-state index < -0.39 is 102 Å². The van der Waals surface area contributed by atoms with Gasteiger partial charge in [0, 0.05) is 59.9 Å². The van der Waals surface area contributed by atoms with Crippen molar-refractivity contribution in [2.45, 2.75) is 304 Å². The Hall–Kier alpha value is -8.90. The normalized spacial score (nSPS) is 27.6. The molecule has 2 spiro atoms. The molecule has 29 heteroatoms. The van der Waals surface area contributed by atoms with Gasteiger partial charge >= 0.3 is 0 Å². The molecular weight excluding hydrogens is 1980 g/mol. The summed E-state index contributed by atoms with van der Waals surface area (Å²) in [5.74, 6) is 2.32. The zero-order chi connectivity index (χ0) is 107. The number of methoxy groups -OCH3 is 6. The summed E-state index contributed by atoms with van der Waals surface area (Å²) < 4.78 is 120. The quantitative estimate of drug-likeness (QED) is 0.0182. The summed E-state index contributed by atoms with van der Waals surface area (Å²) in [5, 5.41) is 53.8. The number of rotatable bonds is 35. The molecule has 18 rings (SSSR count). The molecule has 0 amide bonds. The van der Waals surface area contributed by atoms with Crippen molar-refractivity contribution in [3.8, 4) is 23.0 Å². The van der Waals surface area contributed by atoms with E-state index in [1.807, 2.05) is 263 Å². The third-order valence-electron chi connectivity index (χ3n) is 29.0. The van der Waals surface area contributed by atoms with E-state index >= 15 is 0 Å². The first-order valence-corrected chi connectivity index (χ1v) is 53.4. The van der Waals surface area contributed by atoms with E-state index in [1.165, 1.54) is 26.0 Å². The summed E-state index contributed by atoms with van der Waals surface area (Å²) >= 11 is 14.6. The maximum Gasteiger partial charge on any atom is 0.218 e. The van der Waals surface area contributed by atoms with Crippen LogP contribution in [0.3, 0.4) is 0 Å². The van der Waals surface area contributed by atoms with Gasteiger partial charge in [0.05, 0.1) is 131 Å². The summed E-state index contributed by atoms with van der Waals surface area (Å²) in [7, 11) is 11.3. The lowest BCUT2D eigenvalue weighted by molar-refractivity contribution is -0.258. The third-order valence-corrected chi connectivity index (χ3v) is 29.4. The van der Waals surface area contributed by atoms with Gasteiger partial charge < -0.3 is 120 Å². The number of halogens is 3. The monoisotopic (exact) mass is 2130 g/mol. The van der Waals surface area contributed by atoms with Crippen molar-refractivity contribution in [2.75, 3.05) is 49.8 Å². The molecule has 816 valence electrons. The highest BCUT2D eigenvalue weighted by Gasteiger charge is 2.63. The number of fused-ring (bicyclic) bond motifs is 2. The number of hydrogen-bond acceptors (Lipinski definition) is 26. The number of carbonyl (C=O) groups is 1. The van der Waals surface area contributed by atoms with Gasteiger partial charge in [0.15, 0.2) is 11.6 Å². The molecule has 0 radical (unpaired) electrons. The molecule has 2 saturated heterocycles. The fourth-order valence-corrected chi connectivity index (χ4v) is 20.3. The second-order valence-electron chi connectivity index (χ2n) is 39.5. The molecule has 2 aliphatic heterocycles. The maximum absolute atomic E-state index is 11.7. The second-order valence-corrected chi connectivity index (χ2v) is 41.0. The van der Waals surface area contributed by atoms with Crippen molar-refractivity contribution in [3.63, 3.8) is 0 Å². The van der Waals surface area contributed by atoms with Crippen LogP contribution < -0.4 is 18.9 Å². The van der Waals surface area contributed by atoms with Crippen LogP contribution in [0.2, 0.25) is 0 Å². The van der Waals surface area contributed by atoms with E-state index in [1.54, 1.807) is 42.7 Å². The lowest BCUT2D eigenvalue weighted by Crippen LogP contribution is -2.64. The maximum atomic E-state index is 11.7. The van der Waals surface area contributed by atoms with E-state index in [4.69, 9.17) is 108 Å². The van der Waals surface area contributed by atoms with E-state index in [-0.39, 0.29) is 59.4 Å². The van der Waals surface area contributed by atoms with Crippen molar-refractivity contribution < 1.29 is 125 Å². The first kappa shape index (κ1) is 120. The van der Waals surface area contributed by atoms with E-state index in [0.717, 1.165) is 131 Å². The number of aliphatic hydroxyl groups excluding tert-OH is 5. The standard InChI is InChI=1S/C36H40O6.C29H38O5.C27H34O7.C23H30O5.C2H4Cl2O.C2H3ClO.C2H6O/c1-26-32(37)34(40-23-28-14-8-4-9-15-28)36(42-24-29-16-10-5-11-17-29)35(33(26)39-22-27-12-6-3-7-13-27)41-25-30-18-20-31(38-2)21-19-30;1-20-21(2)26-28(34-29(33-26)16-8-5-9-17-29)27(25(20)31-18-22-10-6-4-7-11-22)32-19-23-12-14-24(30-3)15-13-23;1-30-20-12-10-19(11-13-20)17-32-25-23(31-16-18-8-4-2-5-9-18)21(28)22(29)24-26(25)34-27(33-24)14-6-3-7-15-27;1-15-16(2)22(27-13-17-7-5-4-6-8-17)23(21(25)20(15)24)28-14-18-9-11-19(26-3)12-10-18;1-5-2(3)4;1-2(3)4;1-3-2/h3-21,26,32-37H,22-25H2,1-2H3;4,6-7,10-15,20-21,25-28H,5,8-9,16-19H2,1-3H3;2,4-5,8-13,21-26,28-29H,3,6-7,14-17H2,1H3;4-12,15-16,20-25H,13-14H2,1-3H3;2H,1H3;1H3;1-2H3. The average molecular weight is 2130 g/mol. The van der Waals surface area contributed by atoms with E-state index in [0.29, 0.717) is 72.0 Å². The molecule has 24 unspecified atom stereocenters. The predicted molar refractivity (Wildman–Crippen MR) is 575 cm³/mol. The molecule has 10 aromatic carbocycles. The molecule has 6 aliphatic carbocycles. The number of alkyl halides is 2. The van der Waals surface area contributed by atoms with Crippen molar-refractivity contribution in [1.29, 1.82) is 0 Å². The average Bonchev–Trinajstić information content (AvgIpc) is 1.58. The minimum atomic E-state index is -1.16. The van der Waals surface area contributed by atoms with E-state index in [2.05, 4.69) is 71.3 Å². The number of benzene rings is 10. The van der Waals surface area contributed by atoms with Crippen LogP contribution in [0.5, 0.6) is 23.0 Å². The number of carbonyl (C=O) groups excluding carboxylic acids is 1. The Morgan fingerprint density at radius 1 is 0.267 bits per heavy atom. The van der Waals surface area contributed by atoms with Gasteiger partial charge in [-0.15, -0.1) is 0 Å². The molecule has 6 saturated carbocycles. The molecule has 5 N–H and O–H groups in total. The highest BCUT2D eigenvalue weighted by molar-refractivity contribution is 6.62. The summed E-state index contributed by atoms with van der Waals surface area (Å²) in [5.41, 5.74) is 10.4.